The molecule has 0 amide bonds. The summed E-state index contributed by atoms with van der Waals surface area (Å²) in [5, 5.41) is 0. The highest BCUT2D eigenvalue weighted by Crippen LogP contribution is 2.23. The zero-order valence-corrected chi connectivity index (χ0v) is 12.1. The summed E-state index contributed by atoms with van der Waals surface area (Å²) in [4.78, 5) is 13.8. The van der Waals surface area contributed by atoms with Gasteiger partial charge in [0.15, 0.2) is 0 Å². The number of ether oxygens (including phenoxy) is 1. The van der Waals surface area contributed by atoms with Gasteiger partial charge in [0.25, 0.3) is 0 Å². The van der Waals surface area contributed by atoms with E-state index in [-0.39, 0.29) is 5.97 Å². The maximum atomic E-state index is 11.7. The molecule has 0 radical (unpaired) electrons. The van der Waals surface area contributed by atoms with Crippen molar-refractivity contribution in [2.24, 2.45) is 0 Å². The summed E-state index contributed by atoms with van der Waals surface area (Å²) in [7, 11) is 3.98. The minimum Gasteiger partial charge on any atom is -0.462 e. The van der Waals surface area contributed by atoms with Gasteiger partial charge in [-0.05, 0) is 45.3 Å². The van der Waals surface area contributed by atoms with E-state index in [1.54, 1.807) is 19.1 Å². The summed E-state index contributed by atoms with van der Waals surface area (Å²) in [5.74, 6) is 1.34. The molecular formula is C16H19NO3. The molecule has 0 spiro atoms. The van der Waals surface area contributed by atoms with Gasteiger partial charge in [-0.1, -0.05) is 12.1 Å². The average Bonchev–Trinajstić information content (AvgIpc) is 2.87. The van der Waals surface area contributed by atoms with Crippen LogP contribution in [0.3, 0.4) is 0 Å². The summed E-state index contributed by atoms with van der Waals surface area (Å²) in [6.45, 7) is 2.91. The number of furan rings is 1. The van der Waals surface area contributed by atoms with Crippen molar-refractivity contribution in [3.63, 3.8) is 0 Å². The molecule has 0 aliphatic heterocycles. The van der Waals surface area contributed by atoms with E-state index in [1.807, 2.05) is 43.3 Å². The van der Waals surface area contributed by atoms with Crippen LogP contribution in [0.25, 0.3) is 11.3 Å². The van der Waals surface area contributed by atoms with Crippen molar-refractivity contribution in [2.75, 3.05) is 20.7 Å². The standard InChI is InChI=1S/C16H19NO3/c1-4-19-16(18)13-7-5-6-12(10-13)15-9-8-14(20-15)11-17(2)3/h5-10H,4,11H2,1-3H3. The van der Waals surface area contributed by atoms with Crippen molar-refractivity contribution in [3.8, 4) is 11.3 Å². The molecule has 2 rings (SSSR count). The molecule has 0 aliphatic carbocycles. The largest absolute Gasteiger partial charge is 0.462 e. The molecule has 0 N–H and O–H groups in total. The minimum atomic E-state index is -0.311. The van der Waals surface area contributed by atoms with E-state index in [0.717, 1.165) is 23.6 Å². The van der Waals surface area contributed by atoms with Crippen molar-refractivity contribution >= 4 is 5.97 Å². The van der Waals surface area contributed by atoms with Gasteiger partial charge in [0, 0.05) is 5.56 Å². The van der Waals surface area contributed by atoms with Crippen LogP contribution in [0.5, 0.6) is 0 Å². The Balaban J connectivity index is 2.22. The molecule has 20 heavy (non-hydrogen) atoms. The Hall–Kier alpha value is -2.07. The molecule has 4 heteroatoms. The van der Waals surface area contributed by atoms with Crippen LogP contribution in [-0.4, -0.2) is 31.6 Å². The highest BCUT2D eigenvalue weighted by Gasteiger charge is 2.10. The maximum absolute atomic E-state index is 11.7. The Morgan fingerprint density at radius 3 is 2.75 bits per heavy atom. The summed E-state index contributed by atoms with van der Waals surface area (Å²) in [5.41, 5.74) is 1.41. The van der Waals surface area contributed by atoms with Crippen LogP contribution in [0.15, 0.2) is 40.8 Å². The predicted molar refractivity (Wildman–Crippen MR) is 77.5 cm³/mol. The van der Waals surface area contributed by atoms with Crippen molar-refractivity contribution in [3.05, 3.63) is 47.7 Å². The number of hydrogen-bond acceptors (Lipinski definition) is 4. The fourth-order valence-electron chi connectivity index (χ4n) is 1.94. The minimum absolute atomic E-state index is 0.311. The normalized spacial score (nSPS) is 10.8. The lowest BCUT2D eigenvalue weighted by molar-refractivity contribution is 0.0526. The van der Waals surface area contributed by atoms with Crippen molar-refractivity contribution in [1.82, 2.24) is 4.90 Å². The third kappa shape index (κ3) is 3.48. The second-order valence-electron chi connectivity index (χ2n) is 4.81. The first-order valence-electron chi connectivity index (χ1n) is 6.61. The van der Waals surface area contributed by atoms with Crippen LogP contribution in [0.4, 0.5) is 0 Å². The molecule has 0 atom stereocenters. The second kappa shape index (κ2) is 6.39. The van der Waals surface area contributed by atoms with E-state index >= 15 is 0 Å². The molecule has 106 valence electrons. The number of nitrogens with zero attached hydrogens (tertiary/aromatic N) is 1. The SMILES string of the molecule is CCOC(=O)c1cccc(-c2ccc(CN(C)C)o2)c1. The van der Waals surface area contributed by atoms with Crippen LogP contribution >= 0.6 is 0 Å². The van der Waals surface area contributed by atoms with Crippen molar-refractivity contribution in [1.29, 1.82) is 0 Å². The van der Waals surface area contributed by atoms with Crippen LogP contribution in [-0.2, 0) is 11.3 Å². The van der Waals surface area contributed by atoms with Gasteiger partial charge in [-0.15, -0.1) is 0 Å². The molecule has 0 saturated heterocycles. The van der Waals surface area contributed by atoms with E-state index in [0.29, 0.717) is 12.2 Å². The topological polar surface area (TPSA) is 42.7 Å². The fraction of sp³-hybridized carbons (Fsp3) is 0.312. The lowest BCUT2D eigenvalue weighted by Gasteiger charge is -2.06. The Morgan fingerprint density at radius 2 is 2.05 bits per heavy atom. The van der Waals surface area contributed by atoms with Crippen LogP contribution < -0.4 is 0 Å². The third-order valence-corrected chi connectivity index (χ3v) is 2.79. The number of carbonyl (C=O) groups excluding carboxylic acids is 1. The fourth-order valence-corrected chi connectivity index (χ4v) is 1.94. The summed E-state index contributed by atoms with van der Waals surface area (Å²) >= 11 is 0. The van der Waals surface area contributed by atoms with E-state index in [1.165, 1.54) is 0 Å². The van der Waals surface area contributed by atoms with E-state index in [2.05, 4.69) is 0 Å². The highest BCUT2D eigenvalue weighted by atomic mass is 16.5. The van der Waals surface area contributed by atoms with Gasteiger partial charge in [-0.25, -0.2) is 4.79 Å². The Labute approximate surface area is 119 Å². The highest BCUT2D eigenvalue weighted by molar-refractivity contribution is 5.90. The Kier molecular flexibility index (Phi) is 4.58. The molecule has 0 fully saturated rings. The molecule has 1 aromatic heterocycles. The number of hydrogen-bond donors (Lipinski definition) is 0. The van der Waals surface area contributed by atoms with Crippen LogP contribution in [0, 0.1) is 0 Å². The van der Waals surface area contributed by atoms with Crippen molar-refractivity contribution in [2.45, 2.75) is 13.5 Å². The van der Waals surface area contributed by atoms with Gasteiger partial charge in [0.2, 0.25) is 0 Å². The van der Waals surface area contributed by atoms with Gasteiger partial charge in [-0.2, -0.15) is 0 Å². The van der Waals surface area contributed by atoms with Gasteiger partial charge >= 0.3 is 5.97 Å². The summed E-state index contributed by atoms with van der Waals surface area (Å²) in [6, 6.07) is 11.1. The first-order valence-corrected chi connectivity index (χ1v) is 6.61. The lowest BCUT2D eigenvalue weighted by Crippen LogP contribution is -2.09. The smallest absolute Gasteiger partial charge is 0.338 e. The number of esters is 1. The molecule has 0 bridgehead atoms. The Bertz CT molecular complexity index is 587. The van der Waals surface area contributed by atoms with E-state index in [4.69, 9.17) is 9.15 Å². The number of rotatable bonds is 5. The van der Waals surface area contributed by atoms with Gasteiger partial charge in [0.1, 0.15) is 11.5 Å². The van der Waals surface area contributed by atoms with E-state index < -0.39 is 0 Å². The number of benzene rings is 1. The molecule has 0 saturated carbocycles. The summed E-state index contributed by atoms with van der Waals surface area (Å²) in [6.07, 6.45) is 0. The zero-order valence-electron chi connectivity index (χ0n) is 12.1. The van der Waals surface area contributed by atoms with Crippen LogP contribution in [0.1, 0.15) is 23.0 Å². The molecule has 1 aromatic carbocycles. The predicted octanol–water partition coefficient (Wildman–Crippen LogP) is 3.18. The average molecular weight is 273 g/mol. The molecule has 0 aliphatic rings. The van der Waals surface area contributed by atoms with Crippen LogP contribution in [0.2, 0.25) is 0 Å². The molecular weight excluding hydrogens is 254 g/mol. The molecule has 2 aromatic rings. The Morgan fingerprint density at radius 1 is 1.25 bits per heavy atom. The first-order chi connectivity index (χ1) is 9.60. The third-order valence-electron chi connectivity index (χ3n) is 2.79. The van der Waals surface area contributed by atoms with Gasteiger partial charge in [-0.3, -0.25) is 0 Å². The summed E-state index contributed by atoms with van der Waals surface area (Å²) < 4.78 is 10.8. The number of carbonyl (C=O) groups is 1. The lowest BCUT2D eigenvalue weighted by atomic mass is 10.1. The maximum Gasteiger partial charge on any atom is 0.338 e. The second-order valence-corrected chi connectivity index (χ2v) is 4.81. The first kappa shape index (κ1) is 14.3. The van der Waals surface area contributed by atoms with Gasteiger partial charge in [0.05, 0.1) is 18.7 Å². The zero-order chi connectivity index (χ0) is 14.5. The molecule has 0 unspecified atom stereocenters. The van der Waals surface area contributed by atoms with Gasteiger partial charge < -0.3 is 14.1 Å². The van der Waals surface area contributed by atoms with E-state index in [9.17, 15) is 4.79 Å². The quantitative estimate of drug-likeness (QED) is 0.785. The molecule has 4 nitrogen and oxygen atoms in total. The monoisotopic (exact) mass is 273 g/mol. The van der Waals surface area contributed by atoms with Crippen molar-refractivity contribution < 1.29 is 13.9 Å². The molecule has 1 heterocycles.